The van der Waals surface area contributed by atoms with Crippen molar-refractivity contribution in [3.8, 4) is 0 Å². The van der Waals surface area contributed by atoms with Crippen LogP contribution in [0.3, 0.4) is 0 Å². The summed E-state index contributed by atoms with van der Waals surface area (Å²) in [4.78, 5) is 10.2. The average molecular weight is 345 g/mol. The Labute approximate surface area is 155 Å². The number of piperazine rings is 1. The molecule has 0 bridgehead atoms. The minimum atomic E-state index is 0.137. The second kappa shape index (κ2) is 6.44. The van der Waals surface area contributed by atoms with Crippen LogP contribution in [-0.4, -0.2) is 36.9 Å². The lowest BCUT2D eigenvalue weighted by Crippen LogP contribution is -2.48. The molecule has 2 aliphatic heterocycles. The lowest BCUT2D eigenvalue weighted by atomic mass is 10.1. The molecule has 3 aliphatic rings. The smallest absolute Gasteiger partial charge is 0.132 e. The van der Waals surface area contributed by atoms with E-state index >= 15 is 0 Å². The molecular weight excluding hydrogens is 320 g/mol. The van der Waals surface area contributed by atoms with Crippen LogP contribution in [0.15, 0.2) is 47.5 Å². The van der Waals surface area contributed by atoms with Crippen molar-refractivity contribution in [3.63, 3.8) is 0 Å². The third-order valence-corrected chi connectivity index (χ3v) is 5.78. The number of benzene rings is 2. The second-order valence-corrected chi connectivity index (χ2v) is 7.61. The van der Waals surface area contributed by atoms with E-state index in [-0.39, 0.29) is 6.17 Å². The largest absolute Gasteiger partial charge is 0.369 e. The van der Waals surface area contributed by atoms with Crippen LogP contribution in [-0.2, 0) is 0 Å². The molecule has 1 radical (unpaired) electrons. The summed E-state index contributed by atoms with van der Waals surface area (Å²) in [5, 5.41) is 3.56. The number of hydrogen-bond acceptors (Lipinski definition) is 4. The first kappa shape index (κ1) is 15.9. The minimum absolute atomic E-state index is 0.137. The first-order valence-electron chi connectivity index (χ1n) is 9.69. The van der Waals surface area contributed by atoms with Crippen LogP contribution in [0.2, 0.25) is 0 Å². The zero-order valence-corrected chi connectivity index (χ0v) is 15.3. The molecule has 26 heavy (non-hydrogen) atoms. The number of para-hydroxylation sites is 1. The van der Waals surface area contributed by atoms with Gasteiger partial charge in [0.15, 0.2) is 0 Å². The average Bonchev–Trinajstić information content (AvgIpc) is 3.53. The maximum Gasteiger partial charge on any atom is 0.132 e. The highest BCUT2D eigenvalue weighted by Gasteiger charge is 2.35. The Morgan fingerprint density at radius 2 is 1.88 bits per heavy atom. The van der Waals surface area contributed by atoms with E-state index < -0.39 is 0 Å². The van der Waals surface area contributed by atoms with Crippen LogP contribution < -0.4 is 10.2 Å². The first-order valence-corrected chi connectivity index (χ1v) is 9.69. The molecule has 1 saturated heterocycles. The molecular formula is C22H25N4. The molecule has 1 N–H and O–H groups in total. The van der Waals surface area contributed by atoms with E-state index in [0.717, 1.165) is 26.2 Å². The van der Waals surface area contributed by atoms with Gasteiger partial charge in [-0.1, -0.05) is 24.3 Å². The van der Waals surface area contributed by atoms with E-state index in [1.807, 2.05) is 6.07 Å². The van der Waals surface area contributed by atoms with Crippen molar-refractivity contribution in [1.82, 2.24) is 4.90 Å². The van der Waals surface area contributed by atoms with E-state index in [1.165, 1.54) is 41.2 Å². The molecule has 0 amide bonds. The van der Waals surface area contributed by atoms with Gasteiger partial charge in [-0.3, -0.25) is 4.90 Å². The Balaban J connectivity index is 1.36. The number of amidine groups is 1. The lowest BCUT2D eigenvalue weighted by molar-refractivity contribution is 0.191. The number of nitrogens with one attached hydrogen (secondary N) is 1. The molecule has 133 valence electrons. The summed E-state index contributed by atoms with van der Waals surface area (Å²) in [5.74, 6) is 1.83. The van der Waals surface area contributed by atoms with Crippen molar-refractivity contribution in [2.75, 3.05) is 36.4 Å². The summed E-state index contributed by atoms with van der Waals surface area (Å²) < 4.78 is 0. The van der Waals surface area contributed by atoms with Crippen molar-refractivity contribution in [2.45, 2.75) is 25.9 Å². The number of hydrogen-bond donors (Lipinski definition) is 1. The van der Waals surface area contributed by atoms with Gasteiger partial charge >= 0.3 is 0 Å². The van der Waals surface area contributed by atoms with Gasteiger partial charge in [0.25, 0.3) is 0 Å². The summed E-state index contributed by atoms with van der Waals surface area (Å²) >= 11 is 0. The topological polar surface area (TPSA) is 30.9 Å². The molecule has 2 fully saturated rings. The summed E-state index contributed by atoms with van der Waals surface area (Å²) in [6, 6.07) is 18.2. The Hall–Kier alpha value is -2.33. The van der Waals surface area contributed by atoms with Crippen molar-refractivity contribution < 1.29 is 0 Å². The SMILES string of the molecule is Cc1ccccc1N1CCN(C2N=C(C3CC3)Nc3cc[c]cc32)CC1. The molecule has 2 aromatic carbocycles. The quantitative estimate of drug-likeness (QED) is 0.917. The van der Waals surface area contributed by atoms with Gasteiger partial charge in [0.1, 0.15) is 12.0 Å². The second-order valence-electron chi connectivity index (χ2n) is 7.61. The predicted molar refractivity (Wildman–Crippen MR) is 107 cm³/mol. The Kier molecular flexibility index (Phi) is 3.93. The number of anilines is 2. The standard InChI is InChI=1S/C22H25N4/c1-16-6-2-5-9-20(16)25-12-14-26(15-13-25)22-18-7-3-4-8-19(18)23-21(24-22)17-10-11-17/h2,4-9,17,22H,10-15H2,1H3,(H,23,24). The summed E-state index contributed by atoms with van der Waals surface area (Å²) in [6.07, 6.45) is 2.68. The van der Waals surface area contributed by atoms with E-state index in [1.54, 1.807) is 0 Å². The van der Waals surface area contributed by atoms with Crippen molar-refractivity contribution in [1.29, 1.82) is 0 Å². The maximum absolute atomic E-state index is 5.12. The summed E-state index contributed by atoms with van der Waals surface area (Å²) in [6.45, 7) is 6.38. The molecule has 2 aromatic rings. The monoisotopic (exact) mass is 345 g/mol. The third-order valence-electron chi connectivity index (χ3n) is 5.78. The van der Waals surface area contributed by atoms with E-state index in [4.69, 9.17) is 4.99 Å². The van der Waals surface area contributed by atoms with Gasteiger partial charge in [0.2, 0.25) is 0 Å². The normalized spacial score (nSPS) is 23.2. The van der Waals surface area contributed by atoms with Crippen LogP contribution in [0.5, 0.6) is 0 Å². The van der Waals surface area contributed by atoms with Crippen molar-refractivity contribution in [3.05, 3.63) is 59.7 Å². The van der Waals surface area contributed by atoms with Gasteiger partial charge in [-0.25, -0.2) is 4.99 Å². The summed E-state index contributed by atoms with van der Waals surface area (Å²) in [5.41, 5.74) is 5.21. The molecule has 1 atom stereocenters. The molecule has 0 spiro atoms. The fourth-order valence-electron chi connectivity index (χ4n) is 4.11. The Morgan fingerprint density at radius 3 is 2.65 bits per heavy atom. The minimum Gasteiger partial charge on any atom is -0.369 e. The van der Waals surface area contributed by atoms with Crippen LogP contribution in [0.4, 0.5) is 11.4 Å². The third kappa shape index (κ3) is 2.88. The van der Waals surface area contributed by atoms with Crippen molar-refractivity contribution >= 4 is 17.2 Å². The van der Waals surface area contributed by atoms with Gasteiger partial charge < -0.3 is 10.2 Å². The molecule has 2 heterocycles. The Bertz CT molecular complexity index is 832. The van der Waals surface area contributed by atoms with Gasteiger partial charge in [0.05, 0.1) is 0 Å². The number of nitrogens with zero attached hydrogens (tertiary/aromatic N) is 3. The predicted octanol–water partition coefficient (Wildman–Crippen LogP) is 3.85. The van der Waals surface area contributed by atoms with Gasteiger partial charge in [-0.15, -0.1) is 0 Å². The van der Waals surface area contributed by atoms with Gasteiger partial charge in [-0.2, -0.15) is 0 Å². The fraction of sp³-hybridized carbons (Fsp3) is 0.409. The van der Waals surface area contributed by atoms with E-state index in [9.17, 15) is 0 Å². The fourth-order valence-corrected chi connectivity index (χ4v) is 4.11. The van der Waals surface area contributed by atoms with Crippen LogP contribution in [0.1, 0.15) is 30.1 Å². The molecule has 1 saturated carbocycles. The zero-order chi connectivity index (χ0) is 17.5. The highest BCUT2D eigenvalue weighted by Crippen LogP contribution is 2.39. The van der Waals surface area contributed by atoms with Crippen molar-refractivity contribution in [2.24, 2.45) is 10.9 Å². The molecule has 5 rings (SSSR count). The highest BCUT2D eigenvalue weighted by molar-refractivity contribution is 6.00. The number of aryl methyl sites for hydroxylation is 1. The van der Waals surface area contributed by atoms with Crippen LogP contribution in [0.25, 0.3) is 0 Å². The molecule has 4 heteroatoms. The van der Waals surface area contributed by atoms with Gasteiger partial charge in [-0.05, 0) is 49.6 Å². The zero-order valence-electron chi connectivity index (χ0n) is 15.3. The maximum atomic E-state index is 5.12. The number of aliphatic imine (C=N–C) groups is 1. The van der Waals surface area contributed by atoms with E-state index in [0.29, 0.717) is 5.92 Å². The molecule has 1 aliphatic carbocycles. The van der Waals surface area contributed by atoms with E-state index in [2.05, 4.69) is 64.5 Å². The van der Waals surface area contributed by atoms with Gasteiger partial charge in [0, 0.05) is 49.0 Å². The van der Waals surface area contributed by atoms with Crippen LogP contribution in [0, 0.1) is 18.9 Å². The molecule has 4 nitrogen and oxygen atoms in total. The van der Waals surface area contributed by atoms with Crippen LogP contribution >= 0.6 is 0 Å². The number of fused-ring (bicyclic) bond motifs is 1. The summed E-state index contributed by atoms with van der Waals surface area (Å²) in [7, 11) is 0. The Morgan fingerprint density at radius 1 is 1.08 bits per heavy atom. The molecule has 1 unspecified atom stereocenters. The number of rotatable bonds is 3. The first-order chi connectivity index (χ1) is 12.8. The highest BCUT2D eigenvalue weighted by atomic mass is 15.3. The molecule has 0 aromatic heterocycles. The lowest BCUT2D eigenvalue weighted by Gasteiger charge is -2.41.